The minimum absolute atomic E-state index is 0.123. The van der Waals surface area contributed by atoms with E-state index in [-0.39, 0.29) is 11.9 Å². The number of carboxylic acid groups (broad SMARTS) is 1. The van der Waals surface area contributed by atoms with Gasteiger partial charge >= 0.3 is 5.97 Å². The standard InChI is InChI=1S/C31H35N3O3/c1-19(2)23-8-7-9-24(16-23)20(3)32-29(35)25-12-15-27-28(17-25)34(21(4)33-27)18-22-10-13-26(14-11-22)31(5,6)30(36)37/h7-17,19-20H,18H2,1-6H3,(H,32,35)(H,36,37)/t20-/m0/s1. The molecule has 0 bridgehead atoms. The number of carboxylic acids is 1. The van der Waals surface area contributed by atoms with Crippen molar-refractivity contribution in [2.24, 2.45) is 0 Å². The van der Waals surface area contributed by atoms with Crippen molar-refractivity contribution in [2.75, 3.05) is 0 Å². The molecule has 37 heavy (non-hydrogen) atoms. The molecule has 0 radical (unpaired) electrons. The molecule has 2 N–H and O–H groups in total. The molecule has 4 aromatic rings. The topological polar surface area (TPSA) is 84.2 Å². The van der Waals surface area contributed by atoms with Gasteiger partial charge in [-0.2, -0.15) is 0 Å². The molecule has 1 amide bonds. The normalized spacial score (nSPS) is 12.6. The number of hydrogen-bond acceptors (Lipinski definition) is 3. The summed E-state index contributed by atoms with van der Waals surface area (Å²) in [6, 6.07) is 21.5. The molecule has 192 valence electrons. The van der Waals surface area contributed by atoms with Gasteiger partial charge in [-0.3, -0.25) is 9.59 Å². The quantitative estimate of drug-likeness (QED) is 0.296. The van der Waals surface area contributed by atoms with Gasteiger partial charge in [0.25, 0.3) is 5.91 Å². The molecule has 1 aromatic heterocycles. The fourth-order valence-electron chi connectivity index (χ4n) is 4.47. The van der Waals surface area contributed by atoms with E-state index >= 15 is 0 Å². The molecule has 0 unspecified atom stereocenters. The lowest BCUT2D eigenvalue weighted by Gasteiger charge is -2.20. The number of aliphatic carboxylic acids is 1. The molecule has 0 aliphatic rings. The molecule has 0 aliphatic carbocycles. The summed E-state index contributed by atoms with van der Waals surface area (Å²) in [7, 11) is 0. The molecule has 3 aromatic carbocycles. The third-order valence-electron chi connectivity index (χ3n) is 7.18. The first-order valence-electron chi connectivity index (χ1n) is 12.7. The van der Waals surface area contributed by atoms with Crippen molar-refractivity contribution in [1.82, 2.24) is 14.9 Å². The average molecular weight is 498 g/mol. The zero-order valence-electron chi connectivity index (χ0n) is 22.4. The van der Waals surface area contributed by atoms with Gasteiger partial charge in [-0.1, -0.05) is 62.4 Å². The third-order valence-corrected chi connectivity index (χ3v) is 7.18. The van der Waals surface area contributed by atoms with Crippen molar-refractivity contribution >= 4 is 22.9 Å². The van der Waals surface area contributed by atoms with Gasteiger partial charge in [-0.15, -0.1) is 0 Å². The summed E-state index contributed by atoms with van der Waals surface area (Å²) < 4.78 is 2.08. The first-order valence-corrected chi connectivity index (χ1v) is 12.7. The molecular weight excluding hydrogens is 462 g/mol. The monoisotopic (exact) mass is 497 g/mol. The summed E-state index contributed by atoms with van der Waals surface area (Å²) in [5.41, 5.74) is 5.45. The first-order chi connectivity index (χ1) is 17.5. The van der Waals surface area contributed by atoms with Crippen LogP contribution < -0.4 is 5.32 Å². The lowest BCUT2D eigenvalue weighted by atomic mass is 9.84. The number of aryl methyl sites for hydroxylation is 1. The van der Waals surface area contributed by atoms with E-state index in [0.717, 1.165) is 33.5 Å². The van der Waals surface area contributed by atoms with Crippen LogP contribution in [-0.2, 0) is 16.8 Å². The van der Waals surface area contributed by atoms with E-state index in [1.165, 1.54) is 5.56 Å². The number of nitrogens with zero attached hydrogens (tertiary/aromatic N) is 2. The lowest BCUT2D eigenvalue weighted by molar-refractivity contribution is -0.142. The number of nitrogens with one attached hydrogen (secondary N) is 1. The van der Waals surface area contributed by atoms with Gasteiger partial charge < -0.3 is 15.0 Å². The largest absolute Gasteiger partial charge is 0.481 e. The van der Waals surface area contributed by atoms with Crippen LogP contribution in [0, 0.1) is 6.92 Å². The van der Waals surface area contributed by atoms with E-state index in [9.17, 15) is 14.7 Å². The van der Waals surface area contributed by atoms with Crippen LogP contribution in [-0.4, -0.2) is 26.5 Å². The van der Waals surface area contributed by atoms with E-state index in [2.05, 4.69) is 40.8 Å². The summed E-state index contributed by atoms with van der Waals surface area (Å²) >= 11 is 0. The molecule has 0 saturated heterocycles. The van der Waals surface area contributed by atoms with Gasteiger partial charge in [-0.05, 0) is 74.1 Å². The maximum atomic E-state index is 13.2. The molecule has 0 fully saturated rings. The Labute approximate surface area is 218 Å². The van der Waals surface area contributed by atoms with Gasteiger partial charge in [0.2, 0.25) is 0 Å². The Bertz CT molecular complexity index is 1450. The summed E-state index contributed by atoms with van der Waals surface area (Å²) in [4.78, 5) is 29.4. The number of carbonyl (C=O) groups is 2. The Morgan fingerprint density at radius 1 is 0.973 bits per heavy atom. The van der Waals surface area contributed by atoms with Crippen molar-refractivity contribution < 1.29 is 14.7 Å². The number of hydrogen-bond donors (Lipinski definition) is 2. The molecule has 6 nitrogen and oxygen atoms in total. The highest BCUT2D eigenvalue weighted by atomic mass is 16.4. The number of rotatable bonds is 8. The Morgan fingerprint density at radius 3 is 2.30 bits per heavy atom. The molecule has 0 saturated carbocycles. The van der Waals surface area contributed by atoms with E-state index in [4.69, 9.17) is 0 Å². The molecule has 0 aliphatic heterocycles. The van der Waals surface area contributed by atoms with Crippen LogP contribution in [0.3, 0.4) is 0 Å². The second-order valence-electron chi connectivity index (χ2n) is 10.6. The zero-order valence-corrected chi connectivity index (χ0v) is 22.4. The first kappa shape index (κ1) is 26.1. The minimum atomic E-state index is -0.953. The molecule has 4 rings (SSSR count). The predicted molar refractivity (Wildman–Crippen MR) is 147 cm³/mol. The summed E-state index contributed by atoms with van der Waals surface area (Å²) in [5, 5.41) is 12.6. The van der Waals surface area contributed by atoms with E-state index in [1.54, 1.807) is 13.8 Å². The molecule has 6 heteroatoms. The molecule has 1 atom stereocenters. The maximum Gasteiger partial charge on any atom is 0.313 e. The van der Waals surface area contributed by atoms with Crippen LogP contribution in [0.5, 0.6) is 0 Å². The van der Waals surface area contributed by atoms with Gasteiger partial charge in [0, 0.05) is 12.1 Å². The number of carbonyl (C=O) groups excluding carboxylic acids is 1. The summed E-state index contributed by atoms with van der Waals surface area (Å²) in [6.45, 7) is 12.2. The Morgan fingerprint density at radius 2 is 1.65 bits per heavy atom. The second kappa shape index (κ2) is 10.2. The highest BCUT2D eigenvalue weighted by molar-refractivity contribution is 5.97. The lowest BCUT2D eigenvalue weighted by Crippen LogP contribution is -2.28. The fraction of sp³-hybridized carbons (Fsp3) is 0.323. The average Bonchev–Trinajstić information content (AvgIpc) is 3.18. The molecular formula is C31H35N3O3. The SMILES string of the molecule is Cc1nc2ccc(C(=O)N[C@@H](C)c3cccc(C(C)C)c3)cc2n1Cc1ccc(C(C)(C)C(=O)O)cc1. The van der Waals surface area contributed by atoms with Crippen LogP contribution in [0.25, 0.3) is 11.0 Å². The summed E-state index contributed by atoms with van der Waals surface area (Å²) in [5.74, 6) is 0.287. The Balaban J connectivity index is 1.56. The van der Waals surface area contributed by atoms with Crippen molar-refractivity contribution in [3.63, 3.8) is 0 Å². The molecule has 0 spiro atoms. The Hall–Kier alpha value is -3.93. The number of imidazole rings is 1. The van der Waals surface area contributed by atoms with Crippen molar-refractivity contribution in [3.05, 3.63) is 100 Å². The van der Waals surface area contributed by atoms with Gasteiger partial charge in [0.1, 0.15) is 5.82 Å². The smallest absolute Gasteiger partial charge is 0.313 e. The summed E-state index contributed by atoms with van der Waals surface area (Å²) in [6.07, 6.45) is 0. The van der Waals surface area contributed by atoms with Gasteiger partial charge in [0.15, 0.2) is 0 Å². The second-order valence-corrected chi connectivity index (χ2v) is 10.6. The van der Waals surface area contributed by atoms with Gasteiger partial charge in [0.05, 0.1) is 22.5 Å². The van der Waals surface area contributed by atoms with Crippen molar-refractivity contribution in [3.8, 4) is 0 Å². The van der Waals surface area contributed by atoms with Crippen LogP contribution in [0.15, 0.2) is 66.7 Å². The number of amides is 1. The predicted octanol–water partition coefficient (Wildman–Crippen LogP) is 6.37. The van der Waals surface area contributed by atoms with Crippen LogP contribution in [0.2, 0.25) is 0 Å². The molecule has 1 heterocycles. The van der Waals surface area contributed by atoms with E-state index in [0.29, 0.717) is 18.0 Å². The van der Waals surface area contributed by atoms with Gasteiger partial charge in [-0.25, -0.2) is 4.98 Å². The highest BCUT2D eigenvalue weighted by Crippen LogP contribution is 2.25. The van der Waals surface area contributed by atoms with Crippen LogP contribution in [0.4, 0.5) is 0 Å². The van der Waals surface area contributed by atoms with E-state index in [1.807, 2.05) is 68.4 Å². The maximum absolute atomic E-state index is 13.2. The van der Waals surface area contributed by atoms with Crippen LogP contribution in [0.1, 0.15) is 85.0 Å². The number of benzene rings is 3. The Kier molecular flexibility index (Phi) is 7.21. The van der Waals surface area contributed by atoms with Crippen molar-refractivity contribution in [1.29, 1.82) is 0 Å². The highest BCUT2D eigenvalue weighted by Gasteiger charge is 2.29. The fourth-order valence-corrected chi connectivity index (χ4v) is 4.47. The zero-order chi connectivity index (χ0) is 26.9. The number of fused-ring (bicyclic) bond motifs is 1. The van der Waals surface area contributed by atoms with Crippen molar-refractivity contribution in [2.45, 2.75) is 65.5 Å². The number of aromatic nitrogens is 2. The third kappa shape index (κ3) is 5.43. The van der Waals surface area contributed by atoms with E-state index < -0.39 is 11.4 Å². The minimum Gasteiger partial charge on any atom is -0.481 e. The van der Waals surface area contributed by atoms with Crippen LogP contribution >= 0.6 is 0 Å².